The first kappa shape index (κ1) is 15.5. The second-order valence-electron chi connectivity index (χ2n) is 5.85. The van der Waals surface area contributed by atoms with Crippen molar-refractivity contribution in [1.29, 1.82) is 0 Å². The van der Waals surface area contributed by atoms with E-state index < -0.39 is 0 Å². The fourth-order valence-electron chi connectivity index (χ4n) is 2.59. The van der Waals surface area contributed by atoms with E-state index in [0.717, 1.165) is 11.6 Å². The lowest BCUT2D eigenvalue weighted by atomic mass is 10.0. The summed E-state index contributed by atoms with van der Waals surface area (Å²) in [7, 11) is 0. The highest BCUT2D eigenvalue weighted by Crippen LogP contribution is 2.20. The third-order valence-corrected chi connectivity index (χ3v) is 3.90. The Labute approximate surface area is 126 Å². The molecule has 0 spiro atoms. The number of nitrogens with one attached hydrogen (secondary N) is 1. The van der Waals surface area contributed by atoms with Crippen LogP contribution in [0, 0.1) is 0 Å². The molecule has 0 radical (unpaired) electrons. The first-order chi connectivity index (χ1) is 9.58. The van der Waals surface area contributed by atoms with Crippen molar-refractivity contribution in [2.75, 3.05) is 25.0 Å². The SMILES string of the molecule is CCCN1CCC(Nc2cc(Cl)nc(C(C)C)n2)CC1. The topological polar surface area (TPSA) is 41.0 Å². The largest absolute Gasteiger partial charge is 0.367 e. The zero-order chi connectivity index (χ0) is 14.5. The van der Waals surface area contributed by atoms with E-state index in [9.17, 15) is 0 Å². The Kier molecular flexibility index (Phi) is 5.61. The summed E-state index contributed by atoms with van der Waals surface area (Å²) in [5, 5.41) is 4.04. The Balaban J connectivity index is 1.94. The van der Waals surface area contributed by atoms with Crippen LogP contribution in [0.25, 0.3) is 0 Å². The molecule has 1 saturated heterocycles. The summed E-state index contributed by atoms with van der Waals surface area (Å²) < 4.78 is 0. The van der Waals surface area contributed by atoms with Crippen molar-refractivity contribution >= 4 is 17.4 Å². The van der Waals surface area contributed by atoms with Crippen LogP contribution in [0.15, 0.2) is 6.07 Å². The predicted octanol–water partition coefficient (Wildman–Crippen LogP) is 3.54. The number of piperidine rings is 1. The minimum atomic E-state index is 0.292. The normalized spacial score (nSPS) is 17.6. The highest BCUT2D eigenvalue weighted by Gasteiger charge is 2.19. The second kappa shape index (κ2) is 7.23. The molecule has 4 nitrogen and oxygen atoms in total. The maximum absolute atomic E-state index is 6.08. The first-order valence-electron chi connectivity index (χ1n) is 7.62. The van der Waals surface area contributed by atoms with E-state index >= 15 is 0 Å². The standard InChI is InChI=1S/C15H25ClN4/c1-4-7-20-8-5-12(6-9-20)17-14-10-13(16)18-15(19-14)11(2)3/h10-12H,4-9H2,1-3H3,(H,17,18,19). The molecule has 0 aromatic carbocycles. The highest BCUT2D eigenvalue weighted by atomic mass is 35.5. The molecular weight excluding hydrogens is 272 g/mol. The lowest BCUT2D eigenvalue weighted by molar-refractivity contribution is 0.219. The predicted molar refractivity (Wildman–Crippen MR) is 84.5 cm³/mol. The van der Waals surface area contributed by atoms with Crippen LogP contribution in [-0.4, -0.2) is 40.5 Å². The molecule has 0 atom stereocenters. The van der Waals surface area contributed by atoms with Crippen LogP contribution in [0.5, 0.6) is 0 Å². The Morgan fingerprint density at radius 1 is 1.35 bits per heavy atom. The van der Waals surface area contributed by atoms with Gasteiger partial charge in [-0.25, -0.2) is 9.97 Å². The highest BCUT2D eigenvalue weighted by molar-refractivity contribution is 6.29. The molecule has 20 heavy (non-hydrogen) atoms. The molecule has 1 aromatic rings. The number of nitrogens with zero attached hydrogens (tertiary/aromatic N) is 3. The van der Waals surface area contributed by atoms with E-state index in [1.807, 2.05) is 6.07 Å². The van der Waals surface area contributed by atoms with E-state index in [-0.39, 0.29) is 0 Å². The monoisotopic (exact) mass is 296 g/mol. The zero-order valence-corrected chi connectivity index (χ0v) is 13.5. The summed E-state index contributed by atoms with van der Waals surface area (Å²) in [4.78, 5) is 11.4. The summed E-state index contributed by atoms with van der Waals surface area (Å²) >= 11 is 6.08. The number of hydrogen-bond acceptors (Lipinski definition) is 4. The van der Waals surface area contributed by atoms with Gasteiger partial charge in [0, 0.05) is 31.1 Å². The Hall–Kier alpha value is -0.870. The summed E-state index contributed by atoms with van der Waals surface area (Å²) in [5.74, 6) is 1.96. The minimum absolute atomic E-state index is 0.292. The first-order valence-corrected chi connectivity index (χ1v) is 7.99. The van der Waals surface area contributed by atoms with Crippen LogP contribution in [0.2, 0.25) is 5.15 Å². The van der Waals surface area contributed by atoms with Crippen molar-refractivity contribution in [1.82, 2.24) is 14.9 Å². The fraction of sp³-hybridized carbons (Fsp3) is 0.733. The van der Waals surface area contributed by atoms with Crippen molar-refractivity contribution in [3.8, 4) is 0 Å². The summed E-state index contributed by atoms with van der Waals surface area (Å²) in [6.45, 7) is 9.95. The van der Waals surface area contributed by atoms with Crippen molar-refractivity contribution in [2.45, 2.75) is 52.0 Å². The molecule has 2 heterocycles. The van der Waals surface area contributed by atoms with E-state index in [0.29, 0.717) is 17.1 Å². The average Bonchev–Trinajstić information content (AvgIpc) is 2.40. The quantitative estimate of drug-likeness (QED) is 0.844. The molecule has 0 aliphatic carbocycles. The molecule has 1 aromatic heterocycles. The van der Waals surface area contributed by atoms with E-state index in [2.05, 4.69) is 41.0 Å². The van der Waals surface area contributed by atoms with E-state index in [1.54, 1.807) is 0 Å². The number of aromatic nitrogens is 2. The molecule has 1 aliphatic rings. The Morgan fingerprint density at radius 2 is 2.05 bits per heavy atom. The Morgan fingerprint density at radius 3 is 2.65 bits per heavy atom. The molecule has 0 bridgehead atoms. The van der Waals surface area contributed by atoms with Gasteiger partial charge in [-0.15, -0.1) is 0 Å². The van der Waals surface area contributed by atoms with Crippen LogP contribution in [0.1, 0.15) is 51.8 Å². The van der Waals surface area contributed by atoms with Gasteiger partial charge < -0.3 is 10.2 Å². The van der Waals surface area contributed by atoms with Crippen LogP contribution < -0.4 is 5.32 Å². The zero-order valence-electron chi connectivity index (χ0n) is 12.7. The fourth-order valence-corrected chi connectivity index (χ4v) is 2.78. The molecule has 5 heteroatoms. The van der Waals surface area contributed by atoms with Crippen molar-refractivity contribution in [2.24, 2.45) is 0 Å². The summed E-state index contributed by atoms with van der Waals surface area (Å²) in [5.41, 5.74) is 0. The molecule has 0 unspecified atom stereocenters. The molecule has 112 valence electrons. The van der Waals surface area contributed by atoms with Gasteiger partial charge in [0.2, 0.25) is 0 Å². The lowest BCUT2D eigenvalue weighted by Gasteiger charge is -2.32. The van der Waals surface area contributed by atoms with Gasteiger partial charge in [-0.05, 0) is 25.8 Å². The number of hydrogen-bond donors (Lipinski definition) is 1. The van der Waals surface area contributed by atoms with Crippen LogP contribution in [0.3, 0.4) is 0 Å². The smallest absolute Gasteiger partial charge is 0.135 e. The number of halogens is 1. The van der Waals surface area contributed by atoms with Crippen LogP contribution in [-0.2, 0) is 0 Å². The second-order valence-corrected chi connectivity index (χ2v) is 6.24. The minimum Gasteiger partial charge on any atom is -0.367 e. The van der Waals surface area contributed by atoms with E-state index in [1.165, 1.54) is 38.9 Å². The molecule has 1 aliphatic heterocycles. The van der Waals surface area contributed by atoms with Gasteiger partial charge in [0.25, 0.3) is 0 Å². The molecule has 0 amide bonds. The van der Waals surface area contributed by atoms with Crippen LogP contribution in [0.4, 0.5) is 5.82 Å². The van der Waals surface area contributed by atoms with Gasteiger partial charge in [-0.3, -0.25) is 0 Å². The van der Waals surface area contributed by atoms with Crippen molar-refractivity contribution < 1.29 is 0 Å². The average molecular weight is 297 g/mol. The molecule has 2 rings (SSSR count). The Bertz CT molecular complexity index is 428. The third-order valence-electron chi connectivity index (χ3n) is 3.71. The molecule has 1 fully saturated rings. The van der Waals surface area contributed by atoms with E-state index in [4.69, 9.17) is 11.6 Å². The van der Waals surface area contributed by atoms with Gasteiger partial charge >= 0.3 is 0 Å². The lowest BCUT2D eigenvalue weighted by Crippen LogP contribution is -2.39. The van der Waals surface area contributed by atoms with Gasteiger partial charge in [-0.1, -0.05) is 32.4 Å². The summed E-state index contributed by atoms with van der Waals surface area (Å²) in [6.07, 6.45) is 3.56. The number of likely N-dealkylation sites (tertiary alicyclic amines) is 1. The number of rotatable bonds is 5. The number of anilines is 1. The maximum Gasteiger partial charge on any atom is 0.135 e. The third kappa shape index (κ3) is 4.32. The van der Waals surface area contributed by atoms with Gasteiger partial charge in [0.05, 0.1) is 0 Å². The molecular formula is C15H25ClN4. The summed E-state index contributed by atoms with van der Waals surface area (Å²) in [6, 6.07) is 2.32. The van der Waals surface area contributed by atoms with Gasteiger partial charge in [0.1, 0.15) is 16.8 Å². The molecule has 0 saturated carbocycles. The molecule has 1 N–H and O–H groups in total. The van der Waals surface area contributed by atoms with Crippen molar-refractivity contribution in [3.63, 3.8) is 0 Å². The maximum atomic E-state index is 6.08. The van der Waals surface area contributed by atoms with Gasteiger partial charge in [-0.2, -0.15) is 0 Å². The van der Waals surface area contributed by atoms with Crippen molar-refractivity contribution in [3.05, 3.63) is 17.0 Å². The van der Waals surface area contributed by atoms with Crippen LogP contribution >= 0.6 is 11.6 Å². The van der Waals surface area contributed by atoms with Gasteiger partial charge in [0.15, 0.2) is 0 Å².